The fourth-order valence-corrected chi connectivity index (χ4v) is 14.6. The second-order valence-corrected chi connectivity index (χ2v) is 20.6. The van der Waals surface area contributed by atoms with Crippen LogP contribution in [0.3, 0.4) is 0 Å². The molecule has 324 valence electrons. The lowest BCUT2D eigenvalue weighted by atomic mass is 9.97. The molecule has 0 atom stereocenters. The summed E-state index contributed by atoms with van der Waals surface area (Å²) in [6.07, 6.45) is 0. The lowest BCUT2D eigenvalue weighted by Crippen LogP contribution is -2.74. The van der Waals surface area contributed by atoms with Gasteiger partial charge in [-0.1, -0.05) is 212 Å². The summed E-state index contributed by atoms with van der Waals surface area (Å²) in [5.74, 6) is -1.61. The van der Waals surface area contributed by atoms with Gasteiger partial charge in [0.05, 0.1) is 42.6 Å². The lowest BCUT2D eigenvalue weighted by Gasteiger charge is -2.34. The molecule has 10 aromatic carbocycles. The molecule has 3 heterocycles. The maximum atomic E-state index is 10.1. The van der Waals surface area contributed by atoms with Crippen molar-refractivity contribution in [1.82, 2.24) is 19.5 Å². The third-order valence-electron chi connectivity index (χ3n) is 12.0. The topological polar surface area (TPSA) is 43.6 Å². The molecule has 0 N–H and O–H groups in total. The van der Waals surface area contributed by atoms with E-state index in [9.17, 15) is 15.1 Å². The predicted octanol–water partition coefficient (Wildman–Crippen LogP) is 13.4. The molecule has 13 rings (SSSR count). The van der Waals surface area contributed by atoms with Crippen molar-refractivity contribution in [2.24, 2.45) is 0 Å². The van der Waals surface area contributed by atoms with Crippen LogP contribution in [0.25, 0.3) is 93.0 Å². The Morgan fingerprint density at radius 2 is 0.870 bits per heavy atom. The normalized spacial score (nSPS) is 16.4. The van der Waals surface area contributed by atoms with Gasteiger partial charge in [-0.15, -0.1) is 11.3 Å². The zero-order valence-electron chi connectivity index (χ0n) is 58.7. The van der Waals surface area contributed by atoms with E-state index in [4.69, 9.17) is 31.4 Å². The molecule has 0 radical (unpaired) electrons. The first kappa shape index (κ1) is 23.4. The van der Waals surface area contributed by atoms with Crippen LogP contribution in [0, 0.1) is 0 Å². The minimum atomic E-state index is -3.22. The maximum absolute atomic E-state index is 10.1. The average Bonchev–Trinajstić information content (AvgIpc) is 1.45. The van der Waals surface area contributed by atoms with Gasteiger partial charge in [0, 0.05) is 53.3 Å². The molecule has 0 unspecified atom stereocenters. The maximum Gasteiger partial charge on any atom is 0.179 e. The van der Waals surface area contributed by atoms with Crippen LogP contribution >= 0.6 is 11.3 Å². The van der Waals surface area contributed by atoms with Crippen molar-refractivity contribution in [3.63, 3.8) is 0 Å². The molecule has 0 spiro atoms. The van der Waals surface area contributed by atoms with E-state index in [0.29, 0.717) is 0 Å². The quantitative estimate of drug-likeness (QED) is 0.107. The largest absolute Gasteiger partial charge is 0.309 e. The van der Waals surface area contributed by atoms with Gasteiger partial charge >= 0.3 is 0 Å². The lowest BCUT2D eigenvalue weighted by molar-refractivity contribution is 1.07. The van der Waals surface area contributed by atoms with Crippen LogP contribution in [0.5, 0.6) is 0 Å². The Labute approximate surface area is 437 Å². The first-order chi connectivity index (χ1) is 43.8. The van der Waals surface area contributed by atoms with Gasteiger partial charge in [0.1, 0.15) is 0 Å². The number of aromatic nitrogens is 4. The van der Waals surface area contributed by atoms with Crippen LogP contribution in [-0.2, 0) is 0 Å². The average molecular weight is 938 g/mol. The molecule has 0 saturated carbocycles. The summed E-state index contributed by atoms with van der Waals surface area (Å²) in [4.78, 5) is 14.5. The van der Waals surface area contributed by atoms with Crippen LogP contribution in [0.2, 0.25) is 0 Å². The summed E-state index contributed by atoms with van der Waals surface area (Å²) in [5.41, 5.74) is -4.04. The summed E-state index contributed by atoms with van der Waals surface area (Å²) >= 11 is 0.746. The highest BCUT2D eigenvalue weighted by atomic mass is 32.1. The van der Waals surface area contributed by atoms with E-state index in [2.05, 4.69) is 36.4 Å². The Morgan fingerprint density at radius 3 is 1.51 bits per heavy atom. The summed E-state index contributed by atoms with van der Waals surface area (Å²) in [6, 6.07) is 19.4. The van der Waals surface area contributed by atoms with Gasteiger partial charge < -0.3 is 4.57 Å². The molecule has 69 heavy (non-hydrogen) atoms. The highest BCUT2D eigenvalue weighted by molar-refractivity contribution is 7.25. The number of para-hydroxylation sites is 2. The fraction of sp³-hybridized carbons (Fsp3) is 0. The molecule has 6 heteroatoms. The molecule has 0 aliphatic rings. The number of hydrogen-bond acceptors (Lipinski definition) is 4. The minimum Gasteiger partial charge on any atom is -0.309 e. The molecule has 0 aliphatic carbocycles. The second kappa shape index (κ2) is 17.0. The van der Waals surface area contributed by atoms with Gasteiger partial charge in [-0.3, -0.25) is 0 Å². The van der Waals surface area contributed by atoms with Crippen LogP contribution < -0.4 is 20.7 Å². The number of hydrogen-bond donors (Lipinski definition) is 0. The number of thiophene rings is 1. The zero-order chi connectivity index (χ0) is 65.7. The van der Waals surface area contributed by atoms with Gasteiger partial charge in [0.25, 0.3) is 0 Å². The predicted molar refractivity (Wildman–Crippen MR) is 292 cm³/mol. The number of fused-ring (bicyclic) bond motifs is 6. The van der Waals surface area contributed by atoms with Crippen molar-refractivity contribution in [2.75, 3.05) is 0 Å². The Bertz CT molecular complexity index is 5210. The van der Waals surface area contributed by atoms with Crippen molar-refractivity contribution in [3.8, 4) is 51.0 Å². The van der Waals surface area contributed by atoms with Crippen LogP contribution in [0.4, 0.5) is 0 Å². The Hall–Kier alpha value is -8.55. The van der Waals surface area contributed by atoms with Gasteiger partial charge in [0.2, 0.25) is 0 Å². The summed E-state index contributed by atoms with van der Waals surface area (Å²) in [6.45, 7) is 0. The van der Waals surface area contributed by atoms with E-state index in [1.54, 1.807) is 12.1 Å². The third kappa shape index (κ3) is 6.91. The van der Waals surface area contributed by atoms with Crippen molar-refractivity contribution < 1.29 is 31.5 Å². The minimum absolute atomic E-state index is 0.0421. The Morgan fingerprint density at radius 1 is 0.362 bits per heavy atom. The highest BCUT2D eigenvalue weighted by Crippen LogP contribution is 2.39. The molecule has 0 amide bonds. The van der Waals surface area contributed by atoms with Crippen molar-refractivity contribution in [3.05, 3.63) is 254 Å². The SMILES string of the molecule is [2H]c1c([2H])c([2H])c(-c2c([2H])c([2H])c3sc4c([2H])c([2H])c([2H])c([2H])c4c3c2[2H])c(-c2nc(-c3ccc([Si](c4ccccc4)(c4ccccc4)c4ccccc4)cc3)nc(-c3c([2H])c([2H])c([2H])c(-n4c5c([2H])c([2H])c([2H])c([2H])c5c5c([2H])c([2H])c([2H])c([2H])c54)c3[2H])n2)c1[2H]. The van der Waals surface area contributed by atoms with Crippen LogP contribution in [-0.4, -0.2) is 27.6 Å². The fourth-order valence-electron chi connectivity index (χ4n) is 8.96. The molecule has 0 saturated heterocycles. The van der Waals surface area contributed by atoms with E-state index in [0.717, 1.165) is 36.7 Å². The summed E-state index contributed by atoms with van der Waals surface area (Å²) in [7, 11) is -3.22. The van der Waals surface area contributed by atoms with E-state index in [1.807, 2.05) is 66.7 Å². The first-order valence-corrected chi connectivity index (χ1v) is 24.3. The van der Waals surface area contributed by atoms with Crippen molar-refractivity contribution >= 4 is 82.1 Å². The summed E-state index contributed by atoms with van der Waals surface area (Å²) in [5, 5.41) is 2.72. The molecule has 0 fully saturated rings. The third-order valence-corrected chi connectivity index (χ3v) is 17.8. The second-order valence-electron chi connectivity index (χ2n) is 15.7. The molecule has 0 bridgehead atoms. The van der Waals surface area contributed by atoms with Crippen LogP contribution in [0.15, 0.2) is 254 Å². The number of benzene rings is 10. The van der Waals surface area contributed by atoms with E-state index >= 15 is 0 Å². The monoisotopic (exact) mass is 937 g/mol. The van der Waals surface area contributed by atoms with Crippen molar-refractivity contribution in [2.45, 2.75) is 0 Å². The highest BCUT2D eigenvalue weighted by Gasteiger charge is 2.41. The Kier molecular flexibility index (Phi) is 5.76. The molecular weight excluding hydrogens is 873 g/mol. The van der Waals surface area contributed by atoms with Crippen LogP contribution in [0.1, 0.15) is 31.5 Å². The molecular formula is C63H42N4SSi. The zero-order valence-corrected chi connectivity index (χ0v) is 37.5. The summed E-state index contributed by atoms with van der Waals surface area (Å²) < 4.78 is 211. The number of rotatable bonds is 9. The standard InChI is InChI=1S/C63H42N4SSi/c1-4-21-47(22-5-1)69(48-23-6-2-7-24-48,49-25-8-3-9-26-49)50-38-35-43(36-39-50)61-64-62(45-19-18-20-46(41-45)67-57-32-15-12-28-52(57)53-29-13-16-33-58(53)67)66-63(65-61)55-31-11-10-27-51(55)44-37-40-60-56(42-44)54-30-14-17-34-59(54)68-60/h1-42H/i10D,11D,12D,13D,14D,15D,16D,17D,18D,19D,20D,27D,28D,29D,30D,31D,32D,33D,34D,37D,40D,41D,42D. The van der Waals surface area contributed by atoms with Crippen molar-refractivity contribution in [1.29, 1.82) is 0 Å². The van der Waals surface area contributed by atoms with Gasteiger partial charge in [0.15, 0.2) is 25.5 Å². The molecule has 3 aromatic heterocycles. The number of nitrogens with zero attached hydrogens (tertiary/aromatic N) is 4. The van der Waals surface area contributed by atoms with Gasteiger partial charge in [-0.25, -0.2) is 15.0 Å². The first-order valence-electron chi connectivity index (χ1n) is 33.0. The van der Waals surface area contributed by atoms with E-state index in [1.165, 1.54) is 0 Å². The molecule has 4 nitrogen and oxygen atoms in total. The Balaban J connectivity index is 1.16. The molecule has 0 aliphatic heterocycles. The molecule has 13 aromatic rings. The van der Waals surface area contributed by atoms with Gasteiger partial charge in [-0.2, -0.15) is 0 Å². The van der Waals surface area contributed by atoms with E-state index in [-0.39, 0.29) is 31.6 Å². The van der Waals surface area contributed by atoms with E-state index < -0.39 is 208 Å². The smallest absolute Gasteiger partial charge is 0.179 e. The van der Waals surface area contributed by atoms with Gasteiger partial charge in [-0.05, 0) is 74.2 Å².